The Bertz CT molecular complexity index is 5570. The second kappa shape index (κ2) is 36.8. The largest absolute Gasteiger partial charge is 0.315 e. The van der Waals surface area contributed by atoms with Gasteiger partial charge in [0.05, 0.1) is 45.2 Å². The van der Waals surface area contributed by atoms with Crippen molar-refractivity contribution in [3.8, 4) is 79.4 Å². The zero-order valence-corrected chi connectivity index (χ0v) is 71.0. The van der Waals surface area contributed by atoms with Crippen molar-refractivity contribution in [2.75, 3.05) is 13.3 Å². The molecule has 0 aliphatic rings. The summed E-state index contributed by atoms with van der Waals surface area (Å²) in [5, 5.41) is 23.1. The number of rotatable bonds is 11. The summed E-state index contributed by atoms with van der Waals surface area (Å²) in [5.74, 6) is 5.67. The molecule has 0 fully saturated rings. The summed E-state index contributed by atoms with van der Waals surface area (Å²) >= 11 is 0. The molecule has 17 rings (SSSR count). The molecule has 0 spiro atoms. The molecule has 17 aromatic rings. The molecule has 0 aliphatic heterocycles. The first-order chi connectivity index (χ1) is 50.6. The van der Waals surface area contributed by atoms with E-state index in [1.165, 1.54) is 94.1 Å². The van der Waals surface area contributed by atoms with Gasteiger partial charge in [0.1, 0.15) is 11.6 Å². The molecule has 1 unspecified atom stereocenters. The van der Waals surface area contributed by atoms with E-state index in [2.05, 4.69) is 327 Å². The maximum atomic E-state index is 4.69. The number of hydrogen-bond acceptors (Lipinski definition) is 6. The molecule has 107 heavy (non-hydrogen) atoms. The Labute approximate surface area is 672 Å². The van der Waals surface area contributed by atoms with Crippen LogP contribution in [0.5, 0.6) is 0 Å². The minimum Gasteiger partial charge on any atom is -0.315 e. The number of aromatic nitrogens is 11. The molecule has 1 atom stereocenters. The predicted molar refractivity (Wildman–Crippen MR) is 438 cm³/mol. The van der Waals surface area contributed by atoms with Crippen LogP contribution in [-0.4, -0.2) is 66.8 Å². The molecule has 0 N–H and O–H groups in total. The Kier molecular flexibility index (Phi) is 27.6. The summed E-state index contributed by atoms with van der Waals surface area (Å²) in [7, 11) is 4.90. The molecule has 16 heteroatoms. The van der Waals surface area contributed by atoms with Crippen molar-refractivity contribution in [1.29, 1.82) is 0 Å². The molecule has 543 valence electrons. The van der Waals surface area contributed by atoms with Gasteiger partial charge in [-0.05, 0) is 153 Å². The standard InChI is InChI=1S/C36H24N2.C27H28N3.C16H14N3.C10H10N3.C2H8P2.3Ir/c1-3-11-27(12-4-1)37-33-17-9-7-15-29(33)31-23-25(19-21-35(31)37)26-20-22-36-32(24-26)30-16-8-10-18-34(30)38(36)28-13-5-2-6-14-28;1-18(2)22-16-11-17-23(19(3)4)25(22)30-26(21-13-7-6-8-14-21)28-29-27(30)24-15-10-9-12-20(24)5;1-12-8-6-7-11-15(12)19-16(17-13(2)18-19)14-9-4-3-5-10-14;1-8-11-10(13(2)12-8)9-6-4-3-5-7-9;1-4(2)3;;;/h1-24H;6-13,15-19H,1-5H3;3-9,11H,1-2H3;3-6H,1-2H3;3H2,1-2H3;;;/q;3*-1;;;;. The van der Waals surface area contributed by atoms with E-state index in [0.717, 1.165) is 62.9 Å². The number of hydrogen-bond donors (Lipinski definition) is 0. The molecule has 0 bridgehead atoms. The zero-order valence-electron chi connectivity index (χ0n) is 61.7. The monoisotopic (exact) mass is 1970 g/mol. The minimum absolute atomic E-state index is 0. The average molecular weight is 1970 g/mol. The van der Waals surface area contributed by atoms with Crippen molar-refractivity contribution in [2.24, 2.45) is 7.05 Å². The fraction of sp³-hybridized carbons (Fsp3) is 0.143. The Hall–Kier alpha value is -9.53. The van der Waals surface area contributed by atoms with Crippen LogP contribution in [0.4, 0.5) is 0 Å². The maximum absolute atomic E-state index is 4.69. The first kappa shape index (κ1) is 80.0. The second-order valence-electron chi connectivity index (χ2n) is 26.5. The normalized spacial score (nSPS) is 10.8. The summed E-state index contributed by atoms with van der Waals surface area (Å²) in [4.78, 5) is 8.82. The van der Waals surface area contributed by atoms with Crippen LogP contribution in [0.2, 0.25) is 0 Å². The Morgan fingerprint density at radius 3 is 1.23 bits per heavy atom. The van der Waals surface area contributed by atoms with Crippen molar-refractivity contribution in [3.05, 3.63) is 337 Å². The minimum atomic E-state index is 0. The van der Waals surface area contributed by atoms with Crippen LogP contribution < -0.4 is 0 Å². The fourth-order valence-electron chi connectivity index (χ4n) is 13.4. The number of benzene rings is 12. The van der Waals surface area contributed by atoms with Gasteiger partial charge in [0.25, 0.3) is 0 Å². The van der Waals surface area contributed by atoms with Crippen LogP contribution in [0.25, 0.3) is 123 Å². The third-order valence-electron chi connectivity index (χ3n) is 18.1. The summed E-state index contributed by atoms with van der Waals surface area (Å²) in [6, 6.07) is 109. The number of para-hydroxylation sites is 6. The molecular formula is C91H84Ir3N11P2-3. The van der Waals surface area contributed by atoms with Crippen LogP contribution in [0.15, 0.2) is 285 Å². The van der Waals surface area contributed by atoms with E-state index >= 15 is 0 Å². The molecule has 0 aliphatic carbocycles. The van der Waals surface area contributed by atoms with Crippen LogP contribution >= 0.6 is 16.5 Å². The summed E-state index contributed by atoms with van der Waals surface area (Å²) in [6.45, 7) is 21.4. The number of nitrogens with zero attached hydrogens (tertiary/aromatic N) is 11. The van der Waals surface area contributed by atoms with Gasteiger partial charge in [-0.2, -0.15) is 15.3 Å². The summed E-state index contributed by atoms with van der Waals surface area (Å²) in [6.07, 6.45) is 0. The van der Waals surface area contributed by atoms with Crippen molar-refractivity contribution in [1.82, 2.24) is 53.4 Å². The van der Waals surface area contributed by atoms with Crippen LogP contribution in [0.3, 0.4) is 0 Å². The zero-order chi connectivity index (χ0) is 72.4. The number of aryl methyl sites for hydroxylation is 5. The van der Waals surface area contributed by atoms with Gasteiger partial charge >= 0.3 is 0 Å². The third-order valence-corrected chi connectivity index (χ3v) is 18.1. The number of fused-ring (bicyclic) bond motifs is 6. The van der Waals surface area contributed by atoms with E-state index in [1.54, 1.807) is 4.68 Å². The van der Waals surface area contributed by atoms with E-state index in [4.69, 9.17) is 5.10 Å². The van der Waals surface area contributed by atoms with Gasteiger partial charge in [-0.3, -0.25) is 19.3 Å². The summed E-state index contributed by atoms with van der Waals surface area (Å²) in [5.41, 5.74) is 20.9. The van der Waals surface area contributed by atoms with Gasteiger partial charge in [0.15, 0.2) is 5.82 Å². The second-order valence-corrected chi connectivity index (χ2v) is 31.5. The molecule has 5 aromatic heterocycles. The smallest absolute Gasteiger partial charge is 0.159 e. The first-order valence-electron chi connectivity index (χ1n) is 35.1. The maximum Gasteiger partial charge on any atom is 0.159 e. The SMILES string of the molecule is CP(C)P.Cc1ccccc1-c1nnc(-c2[c-]cccc2)n1-c1c(C(C)C)cccc1C(C)C.Cc1nc(-c2[c-]cccc2)n(-c2ccccc2C)n1.Cc1nc(-c2[c-]cccc2)n(C)n1.[Ir].[Ir].[Ir].c1ccc(-n2c3ccccc3c3cc(-c4ccc5c(c4)c4ccccc4n5-c4ccccc4)ccc32)cc1. The first-order valence-corrected chi connectivity index (χ1v) is 39.0. The fourth-order valence-corrected chi connectivity index (χ4v) is 13.4. The van der Waals surface area contributed by atoms with Crippen LogP contribution in [0.1, 0.15) is 73.4 Å². The molecule has 0 saturated carbocycles. The average Bonchev–Trinajstić information content (AvgIpc) is 1.61. The van der Waals surface area contributed by atoms with Gasteiger partial charge in [0.2, 0.25) is 0 Å². The van der Waals surface area contributed by atoms with Gasteiger partial charge < -0.3 is 13.7 Å². The van der Waals surface area contributed by atoms with Crippen molar-refractivity contribution < 1.29 is 60.3 Å². The van der Waals surface area contributed by atoms with Gasteiger partial charge in [-0.1, -0.05) is 181 Å². The predicted octanol–water partition coefficient (Wildman–Crippen LogP) is 23.0. The third kappa shape index (κ3) is 17.9. The summed E-state index contributed by atoms with van der Waals surface area (Å²) < 4.78 is 10.6. The van der Waals surface area contributed by atoms with Crippen molar-refractivity contribution >= 4 is 60.2 Å². The van der Waals surface area contributed by atoms with E-state index in [1.807, 2.05) is 104 Å². The van der Waals surface area contributed by atoms with E-state index in [-0.39, 0.29) is 60.3 Å². The van der Waals surface area contributed by atoms with Crippen LogP contribution in [-0.2, 0) is 67.4 Å². The topological polar surface area (TPSA) is 102 Å². The molecule has 0 saturated heterocycles. The molecule has 5 heterocycles. The van der Waals surface area contributed by atoms with Gasteiger partial charge in [-0.25, -0.2) is 0 Å². The van der Waals surface area contributed by atoms with Crippen molar-refractivity contribution in [2.45, 2.75) is 67.2 Å². The molecule has 0 amide bonds. The van der Waals surface area contributed by atoms with Gasteiger partial charge in [-0.15, -0.1) is 122 Å². The molecule has 3 radical (unpaired) electrons. The quantitative estimate of drug-likeness (QED) is 0.0944. The Balaban J connectivity index is 0.000000158. The Morgan fingerprint density at radius 1 is 0.374 bits per heavy atom. The molecular weight excluding hydrogens is 1890 g/mol. The Morgan fingerprint density at radius 2 is 0.776 bits per heavy atom. The molecule has 12 aromatic carbocycles. The van der Waals surface area contributed by atoms with Crippen molar-refractivity contribution in [3.63, 3.8) is 0 Å². The van der Waals surface area contributed by atoms with E-state index < -0.39 is 0 Å². The molecule has 11 nitrogen and oxygen atoms in total. The van der Waals surface area contributed by atoms with E-state index in [9.17, 15) is 0 Å². The van der Waals surface area contributed by atoms with Crippen LogP contribution in [0, 0.1) is 45.9 Å². The van der Waals surface area contributed by atoms with E-state index in [0.29, 0.717) is 19.4 Å². The van der Waals surface area contributed by atoms with Gasteiger partial charge in [0, 0.05) is 112 Å².